The molecule has 0 heterocycles. The van der Waals surface area contributed by atoms with Gasteiger partial charge in [-0.15, -0.1) is 11.6 Å². The second-order valence-corrected chi connectivity index (χ2v) is 4.41. The van der Waals surface area contributed by atoms with Gasteiger partial charge in [-0.05, 0) is 12.5 Å². The van der Waals surface area contributed by atoms with Gasteiger partial charge in [0.2, 0.25) is 0 Å². The highest BCUT2D eigenvalue weighted by Gasteiger charge is 2.29. The van der Waals surface area contributed by atoms with Crippen LogP contribution in [0.4, 0.5) is 4.79 Å². The molecule has 1 N–H and O–H groups in total. The number of esters is 1. The van der Waals surface area contributed by atoms with Crippen LogP contribution in [-0.4, -0.2) is 23.7 Å². The minimum Gasteiger partial charge on any atom is -0.445 e. The molecule has 1 rings (SSSR count). The molecule has 1 atom stereocenters. The molecule has 0 saturated heterocycles. The molecule has 0 radical (unpaired) electrons. The molecule has 0 aromatic heterocycles. The quantitative estimate of drug-likeness (QED) is 0.513. The molecule has 0 aliphatic rings. The Bertz CT molecular complexity index is 438. The summed E-state index contributed by atoms with van der Waals surface area (Å²) < 4.78 is 9.93. The van der Waals surface area contributed by atoms with E-state index >= 15 is 0 Å². The third-order valence-corrected chi connectivity index (χ3v) is 2.71. The number of halogens is 1. The number of alkyl halides is 1. The molecule has 0 saturated carbocycles. The maximum atomic E-state index is 11.6. The minimum absolute atomic E-state index is 0.0764. The number of amides is 1. The lowest BCUT2D eigenvalue weighted by Crippen LogP contribution is -2.50. The van der Waals surface area contributed by atoms with Crippen molar-refractivity contribution in [2.24, 2.45) is 0 Å². The maximum Gasteiger partial charge on any atom is 0.410 e. The molecule has 0 aliphatic carbocycles. The average Bonchev–Trinajstić information content (AvgIpc) is 2.36. The molecular weight excluding hydrogens is 270 g/mol. The number of rotatable bonds is 5. The van der Waals surface area contributed by atoms with Gasteiger partial charge in [0.1, 0.15) is 6.61 Å². The first-order chi connectivity index (χ1) is 8.95. The number of hydrogen-bond donors (Lipinski definition) is 1. The zero-order valence-corrected chi connectivity index (χ0v) is 11.6. The Kier molecular flexibility index (Phi) is 5.63. The Morgan fingerprint density at radius 1 is 1.32 bits per heavy atom. The summed E-state index contributed by atoms with van der Waals surface area (Å²) >= 11 is 5.67. The second-order valence-electron chi connectivity index (χ2n) is 4.14. The van der Waals surface area contributed by atoms with E-state index in [0.29, 0.717) is 0 Å². The summed E-state index contributed by atoms with van der Waals surface area (Å²) in [7, 11) is 0. The van der Waals surface area contributed by atoms with Gasteiger partial charge in [0.05, 0.1) is 5.88 Å². The molecular formula is C13H16ClNO4. The van der Waals surface area contributed by atoms with Crippen LogP contribution in [0.25, 0.3) is 0 Å². The summed E-state index contributed by atoms with van der Waals surface area (Å²) in [4.78, 5) is 22.5. The fourth-order valence-electron chi connectivity index (χ4n) is 1.38. The third-order valence-electron chi connectivity index (χ3n) is 2.20. The lowest BCUT2D eigenvalue weighted by Gasteiger charge is -2.27. The van der Waals surface area contributed by atoms with Gasteiger partial charge in [0, 0.05) is 6.92 Å². The van der Waals surface area contributed by atoms with E-state index in [9.17, 15) is 9.59 Å². The molecule has 19 heavy (non-hydrogen) atoms. The van der Waals surface area contributed by atoms with E-state index in [1.807, 2.05) is 30.3 Å². The highest BCUT2D eigenvalue weighted by molar-refractivity contribution is 6.18. The van der Waals surface area contributed by atoms with Crippen molar-refractivity contribution < 1.29 is 19.1 Å². The molecule has 1 aromatic rings. The Morgan fingerprint density at radius 3 is 2.47 bits per heavy atom. The fraction of sp³-hybridized carbons (Fsp3) is 0.385. The number of hydrogen-bond acceptors (Lipinski definition) is 4. The molecule has 6 heteroatoms. The van der Waals surface area contributed by atoms with E-state index in [0.717, 1.165) is 5.56 Å². The maximum absolute atomic E-state index is 11.6. The van der Waals surface area contributed by atoms with Gasteiger partial charge in [0.15, 0.2) is 5.72 Å². The van der Waals surface area contributed by atoms with Crippen molar-refractivity contribution in [3.63, 3.8) is 0 Å². The van der Waals surface area contributed by atoms with Gasteiger partial charge in [-0.25, -0.2) is 4.79 Å². The van der Waals surface area contributed by atoms with Crippen molar-refractivity contribution in [3.05, 3.63) is 35.9 Å². The predicted molar refractivity (Wildman–Crippen MR) is 70.7 cm³/mol. The van der Waals surface area contributed by atoms with E-state index < -0.39 is 17.8 Å². The molecule has 0 aliphatic heterocycles. The van der Waals surface area contributed by atoms with E-state index in [2.05, 4.69) is 5.32 Å². The fourth-order valence-corrected chi connectivity index (χ4v) is 1.50. The second kappa shape index (κ2) is 6.99. The van der Waals surface area contributed by atoms with Crippen LogP contribution >= 0.6 is 11.6 Å². The van der Waals surface area contributed by atoms with E-state index in [4.69, 9.17) is 21.1 Å². The van der Waals surface area contributed by atoms with E-state index in [1.54, 1.807) is 0 Å². The van der Waals surface area contributed by atoms with Crippen molar-refractivity contribution in [1.82, 2.24) is 5.32 Å². The summed E-state index contributed by atoms with van der Waals surface area (Å²) in [6.45, 7) is 2.86. The lowest BCUT2D eigenvalue weighted by atomic mass is 10.2. The van der Waals surface area contributed by atoms with Crippen LogP contribution in [0.1, 0.15) is 19.4 Å². The summed E-state index contributed by atoms with van der Waals surface area (Å²) in [5.74, 6) is -0.612. The Morgan fingerprint density at radius 2 is 1.95 bits per heavy atom. The third kappa shape index (κ3) is 5.61. The number of ether oxygens (including phenoxy) is 2. The summed E-state index contributed by atoms with van der Waals surface area (Å²) in [5.41, 5.74) is -0.418. The molecule has 104 valence electrons. The smallest absolute Gasteiger partial charge is 0.410 e. The van der Waals surface area contributed by atoms with Crippen LogP contribution in [0.2, 0.25) is 0 Å². The average molecular weight is 286 g/mol. The number of carbonyl (C=O) groups is 2. The SMILES string of the molecule is CC(=O)O[C@](C)(CCl)NC(=O)OCc1ccccc1. The number of carbonyl (C=O) groups excluding carboxylic acids is 2. The van der Waals surface area contributed by atoms with E-state index in [1.165, 1.54) is 13.8 Å². The molecule has 0 bridgehead atoms. The summed E-state index contributed by atoms with van der Waals surface area (Å²) in [6, 6.07) is 9.23. The molecule has 1 amide bonds. The van der Waals surface area contributed by atoms with Crippen LogP contribution in [0.3, 0.4) is 0 Å². The van der Waals surface area contributed by atoms with Crippen LogP contribution in [0.15, 0.2) is 30.3 Å². The summed E-state index contributed by atoms with van der Waals surface area (Å²) in [6.07, 6.45) is -0.701. The molecule has 5 nitrogen and oxygen atoms in total. The highest BCUT2D eigenvalue weighted by atomic mass is 35.5. The van der Waals surface area contributed by atoms with Gasteiger partial charge in [-0.1, -0.05) is 30.3 Å². The van der Waals surface area contributed by atoms with Crippen LogP contribution in [-0.2, 0) is 20.9 Å². The van der Waals surface area contributed by atoms with Gasteiger partial charge in [-0.2, -0.15) is 0 Å². The van der Waals surface area contributed by atoms with Gasteiger partial charge < -0.3 is 9.47 Å². The molecule has 0 spiro atoms. The van der Waals surface area contributed by atoms with Crippen molar-refractivity contribution in [1.29, 1.82) is 0 Å². The first-order valence-corrected chi connectivity index (χ1v) is 6.23. The molecule has 0 unspecified atom stereocenters. The first kappa shape index (κ1) is 15.3. The number of nitrogens with one attached hydrogen (secondary N) is 1. The lowest BCUT2D eigenvalue weighted by molar-refractivity contribution is -0.155. The van der Waals surface area contributed by atoms with Gasteiger partial charge in [-0.3, -0.25) is 10.1 Å². The Hall–Kier alpha value is -1.75. The molecule has 0 fully saturated rings. The topological polar surface area (TPSA) is 64.6 Å². The first-order valence-electron chi connectivity index (χ1n) is 5.69. The zero-order valence-electron chi connectivity index (χ0n) is 10.8. The minimum atomic E-state index is -1.28. The number of alkyl carbamates (subject to hydrolysis) is 1. The van der Waals surface area contributed by atoms with Crippen molar-refractivity contribution in [3.8, 4) is 0 Å². The highest BCUT2D eigenvalue weighted by Crippen LogP contribution is 2.10. The van der Waals surface area contributed by atoms with Crippen LogP contribution in [0.5, 0.6) is 0 Å². The van der Waals surface area contributed by atoms with Gasteiger partial charge >= 0.3 is 12.1 Å². The number of benzene rings is 1. The van der Waals surface area contributed by atoms with Crippen LogP contribution < -0.4 is 5.32 Å². The Balaban J connectivity index is 2.47. The van der Waals surface area contributed by atoms with Crippen molar-refractivity contribution in [2.75, 3.05) is 5.88 Å². The van der Waals surface area contributed by atoms with E-state index in [-0.39, 0.29) is 12.5 Å². The normalized spacial score (nSPS) is 13.2. The van der Waals surface area contributed by atoms with Crippen molar-refractivity contribution >= 4 is 23.7 Å². The van der Waals surface area contributed by atoms with Crippen molar-refractivity contribution in [2.45, 2.75) is 26.2 Å². The monoisotopic (exact) mass is 285 g/mol. The van der Waals surface area contributed by atoms with Gasteiger partial charge in [0.25, 0.3) is 0 Å². The standard InChI is InChI=1S/C13H16ClNO4/c1-10(16)19-13(2,9-14)15-12(17)18-8-11-6-4-3-5-7-11/h3-7H,8-9H2,1-2H3,(H,15,17)/t13-/m1/s1. The summed E-state index contributed by atoms with van der Waals surface area (Å²) in [5, 5.41) is 2.41. The zero-order chi connectivity index (χ0) is 14.3. The Labute approximate surface area is 116 Å². The van der Waals surface area contributed by atoms with Crippen LogP contribution in [0, 0.1) is 0 Å². The largest absolute Gasteiger partial charge is 0.445 e. The predicted octanol–water partition coefficient (Wildman–Crippen LogP) is 2.43. The molecule has 1 aromatic carbocycles.